The summed E-state index contributed by atoms with van der Waals surface area (Å²) in [5, 5.41) is 7.32. The summed E-state index contributed by atoms with van der Waals surface area (Å²) in [4.78, 5) is 2.13. The normalized spacial score (nSPS) is 27.9. The van der Waals surface area contributed by atoms with Gasteiger partial charge in [-0.25, -0.2) is 0 Å². The maximum Gasteiger partial charge on any atom is 0.108 e. The van der Waals surface area contributed by atoms with Gasteiger partial charge in [-0.1, -0.05) is 0 Å². The highest BCUT2D eigenvalue weighted by Gasteiger charge is 2.19. The third kappa shape index (κ3) is 3.08. The minimum Gasteiger partial charge on any atom is -0.386 e. The summed E-state index contributed by atoms with van der Waals surface area (Å²) < 4.78 is 11.2. The molecule has 0 aromatic carbocycles. The Morgan fingerprint density at radius 1 is 1.54 bits per heavy atom. The smallest absolute Gasteiger partial charge is 0.108 e. The maximum absolute atomic E-state index is 11.2. The molecule has 2 atom stereocenters. The molecule has 5 heteroatoms. The van der Waals surface area contributed by atoms with E-state index in [0.29, 0.717) is 0 Å². The monoisotopic (exact) mass is 203 g/mol. The van der Waals surface area contributed by atoms with Gasteiger partial charge in [0.15, 0.2) is 0 Å². The number of nitrogens with two attached hydrogens (primary N) is 1. The van der Waals surface area contributed by atoms with E-state index in [1.807, 2.05) is 6.92 Å². The first-order valence-corrected chi connectivity index (χ1v) is 6.03. The van der Waals surface area contributed by atoms with Crippen molar-refractivity contribution in [1.82, 2.24) is 4.90 Å². The van der Waals surface area contributed by atoms with Crippen LogP contribution in [0.25, 0.3) is 0 Å². The van der Waals surface area contributed by atoms with Crippen molar-refractivity contribution in [3.63, 3.8) is 0 Å². The van der Waals surface area contributed by atoms with Gasteiger partial charge >= 0.3 is 0 Å². The van der Waals surface area contributed by atoms with Crippen molar-refractivity contribution < 1.29 is 4.21 Å². The van der Waals surface area contributed by atoms with E-state index in [1.54, 1.807) is 0 Å². The van der Waals surface area contributed by atoms with Crippen LogP contribution in [-0.4, -0.2) is 45.6 Å². The number of nitrogens with one attached hydrogen (secondary N) is 1. The first-order valence-electron chi connectivity index (χ1n) is 4.54. The molecule has 1 aliphatic heterocycles. The predicted molar refractivity (Wildman–Crippen MR) is 55.4 cm³/mol. The first-order chi connectivity index (χ1) is 6.11. The second-order valence-corrected chi connectivity index (χ2v) is 5.07. The van der Waals surface area contributed by atoms with Crippen LogP contribution in [0, 0.1) is 5.41 Å². The number of nitrogens with zero attached hydrogens (tertiary/aromatic N) is 1. The van der Waals surface area contributed by atoms with Crippen molar-refractivity contribution >= 4 is 16.6 Å². The summed E-state index contributed by atoms with van der Waals surface area (Å²) in [5.74, 6) is 1.71. The highest BCUT2D eigenvalue weighted by molar-refractivity contribution is 7.85. The number of hydrogen-bond acceptors (Lipinski definition) is 3. The Morgan fingerprint density at radius 2 is 2.23 bits per heavy atom. The fraction of sp³-hybridized carbons (Fsp3) is 0.875. The van der Waals surface area contributed by atoms with E-state index >= 15 is 0 Å². The van der Waals surface area contributed by atoms with Crippen molar-refractivity contribution in [3.05, 3.63) is 0 Å². The second-order valence-electron chi connectivity index (χ2n) is 3.37. The Morgan fingerprint density at radius 3 is 2.85 bits per heavy atom. The Bertz CT molecular complexity index is 219. The molecule has 0 radical (unpaired) electrons. The van der Waals surface area contributed by atoms with Gasteiger partial charge in [0.2, 0.25) is 0 Å². The molecular weight excluding hydrogens is 186 g/mol. The molecule has 76 valence electrons. The Balaban J connectivity index is 2.50. The van der Waals surface area contributed by atoms with Crippen LogP contribution < -0.4 is 5.73 Å². The van der Waals surface area contributed by atoms with E-state index in [9.17, 15) is 4.21 Å². The molecule has 0 aromatic rings. The van der Waals surface area contributed by atoms with Crippen LogP contribution in [0.1, 0.15) is 13.3 Å². The summed E-state index contributed by atoms with van der Waals surface area (Å²) >= 11 is 0. The van der Waals surface area contributed by atoms with Gasteiger partial charge < -0.3 is 5.73 Å². The van der Waals surface area contributed by atoms with Crippen LogP contribution in [0.3, 0.4) is 0 Å². The molecule has 4 nitrogen and oxygen atoms in total. The van der Waals surface area contributed by atoms with Crippen LogP contribution in [0.5, 0.6) is 0 Å². The fourth-order valence-corrected chi connectivity index (χ4v) is 2.54. The van der Waals surface area contributed by atoms with Gasteiger partial charge in [-0.3, -0.25) is 14.5 Å². The molecule has 0 aliphatic carbocycles. The summed E-state index contributed by atoms with van der Waals surface area (Å²) in [6, 6.07) is -0.00454. The van der Waals surface area contributed by atoms with E-state index in [0.717, 1.165) is 31.0 Å². The molecule has 0 amide bonds. The van der Waals surface area contributed by atoms with Gasteiger partial charge in [0.25, 0.3) is 0 Å². The Kier molecular flexibility index (Phi) is 3.87. The van der Waals surface area contributed by atoms with Crippen molar-refractivity contribution in [2.24, 2.45) is 5.73 Å². The molecule has 1 fully saturated rings. The maximum atomic E-state index is 11.2. The predicted octanol–water partition coefficient (Wildman–Crippen LogP) is -0.235. The Hall–Kier alpha value is -0.420. The summed E-state index contributed by atoms with van der Waals surface area (Å²) in [7, 11) is -0.661. The van der Waals surface area contributed by atoms with Crippen molar-refractivity contribution in [2.45, 2.75) is 19.4 Å². The van der Waals surface area contributed by atoms with Gasteiger partial charge in [-0.2, -0.15) is 0 Å². The largest absolute Gasteiger partial charge is 0.386 e. The highest BCUT2D eigenvalue weighted by Crippen LogP contribution is 2.05. The number of hydrogen-bond donors (Lipinski definition) is 2. The number of amidine groups is 1. The molecule has 3 N–H and O–H groups in total. The minimum atomic E-state index is -0.661. The average Bonchev–Trinajstić information content (AvgIpc) is 2.28. The van der Waals surface area contributed by atoms with E-state index in [-0.39, 0.29) is 11.9 Å². The van der Waals surface area contributed by atoms with Gasteiger partial charge in [0.05, 0.1) is 6.04 Å². The third-order valence-corrected chi connectivity index (χ3v) is 3.80. The quantitative estimate of drug-likeness (QED) is 0.481. The van der Waals surface area contributed by atoms with Crippen molar-refractivity contribution in [2.75, 3.05) is 24.6 Å². The zero-order valence-electron chi connectivity index (χ0n) is 7.95. The lowest BCUT2D eigenvalue weighted by Crippen LogP contribution is -2.43. The van der Waals surface area contributed by atoms with E-state index in [2.05, 4.69) is 4.90 Å². The lowest BCUT2D eigenvalue weighted by Gasteiger charge is -2.25. The molecular formula is C8H17N3OS. The van der Waals surface area contributed by atoms with Crippen LogP contribution >= 0.6 is 0 Å². The highest BCUT2D eigenvalue weighted by atomic mass is 32.2. The van der Waals surface area contributed by atoms with Crippen LogP contribution in [0.4, 0.5) is 0 Å². The first kappa shape index (κ1) is 10.7. The van der Waals surface area contributed by atoms with Crippen LogP contribution in [0.2, 0.25) is 0 Å². The topological polar surface area (TPSA) is 70.2 Å². The number of rotatable bonds is 2. The van der Waals surface area contributed by atoms with Crippen LogP contribution in [-0.2, 0) is 10.8 Å². The van der Waals surface area contributed by atoms with Crippen molar-refractivity contribution in [3.8, 4) is 0 Å². The van der Waals surface area contributed by atoms with Gasteiger partial charge in [-0.15, -0.1) is 0 Å². The molecule has 0 saturated carbocycles. The molecule has 1 saturated heterocycles. The molecule has 13 heavy (non-hydrogen) atoms. The molecule has 1 aliphatic rings. The third-order valence-electron chi connectivity index (χ3n) is 2.42. The SMILES string of the molecule is CC(C(=N)N)N1CCCS(=O)CC1. The average molecular weight is 203 g/mol. The van der Waals surface area contributed by atoms with Gasteiger partial charge in [0, 0.05) is 28.9 Å². The Labute approximate surface area is 81.4 Å². The van der Waals surface area contributed by atoms with Gasteiger partial charge in [0.1, 0.15) is 5.84 Å². The lowest BCUT2D eigenvalue weighted by molar-refractivity contribution is 0.272. The molecule has 0 bridgehead atoms. The second kappa shape index (κ2) is 4.72. The summed E-state index contributed by atoms with van der Waals surface area (Å²) in [6.45, 7) is 3.64. The van der Waals surface area contributed by atoms with E-state index in [4.69, 9.17) is 11.1 Å². The van der Waals surface area contributed by atoms with E-state index in [1.165, 1.54) is 0 Å². The molecule has 1 rings (SSSR count). The molecule has 2 unspecified atom stereocenters. The summed E-state index contributed by atoms with van der Waals surface area (Å²) in [5.41, 5.74) is 5.42. The summed E-state index contributed by atoms with van der Waals surface area (Å²) in [6.07, 6.45) is 0.949. The fourth-order valence-electron chi connectivity index (χ4n) is 1.45. The molecule has 1 heterocycles. The van der Waals surface area contributed by atoms with Crippen molar-refractivity contribution in [1.29, 1.82) is 5.41 Å². The zero-order chi connectivity index (χ0) is 9.84. The van der Waals surface area contributed by atoms with Gasteiger partial charge in [-0.05, 0) is 19.9 Å². The minimum absolute atomic E-state index is 0.00454. The zero-order valence-corrected chi connectivity index (χ0v) is 8.77. The standard InChI is InChI=1S/C8H17N3OS/c1-7(8(9)10)11-3-2-5-13(12)6-4-11/h7H,2-6H2,1H3,(H3,9,10). The van der Waals surface area contributed by atoms with E-state index < -0.39 is 10.8 Å². The molecule has 0 spiro atoms. The lowest BCUT2D eigenvalue weighted by atomic mass is 10.2. The van der Waals surface area contributed by atoms with Crippen LogP contribution in [0.15, 0.2) is 0 Å². The molecule has 0 aromatic heterocycles.